The second kappa shape index (κ2) is 19.8. The summed E-state index contributed by atoms with van der Waals surface area (Å²) in [6, 6.07) is 5.49. The number of fused-ring (bicyclic) bond motifs is 2. The fourth-order valence-electron chi connectivity index (χ4n) is 6.25. The molecule has 0 aliphatic carbocycles. The number of nitrogens with zero attached hydrogens (tertiary/aromatic N) is 2. The molecule has 0 aromatic heterocycles. The van der Waals surface area contributed by atoms with Gasteiger partial charge in [-0.25, -0.2) is 33.7 Å². The summed E-state index contributed by atoms with van der Waals surface area (Å²) in [5.41, 5.74) is 1.82. The third kappa shape index (κ3) is 13.0. The first-order valence-corrected chi connectivity index (χ1v) is 23.3. The number of rotatable bonds is 12. The number of halogens is 2. The number of hydrogen-bond acceptors (Lipinski definition) is 13. The van der Waals surface area contributed by atoms with E-state index in [0.717, 1.165) is 0 Å². The minimum atomic E-state index is -4.82. The van der Waals surface area contributed by atoms with Crippen molar-refractivity contribution in [3.63, 3.8) is 0 Å². The number of hydrogen-bond donors (Lipinski definition) is 0. The molecule has 2 heterocycles. The molecule has 2 aliphatic rings. The molecule has 0 bridgehead atoms. The van der Waals surface area contributed by atoms with Crippen LogP contribution in [-0.2, 0) is 51.3 Å². The van der Waals surface area contributed by atoms with Crippen molar-refractivity contribution in [2.45, 2.75) is 55.2 Å². The van der Waals surface area contributed by atoms with Crippen molar-refractivity contribution >= 4 is 103 Å². The molecule has 0 amide bonds. The van der Waals surface area contributed by atoms with Crippen LogP contribution in [0.5, 0.6) is 0 Å². The fraction of sp³-hybridized carbons (Fsp3) is 0.344. The molecule has 23 heteroatoms. The average Bonchev–Trinajstić information content (AvgIpc) is 3.29. The molecule has 2 aliphatic heterocycles. The Hall–Kier alpha value is 0.970. The second-order valence-electron chi connectivity index (χ2n) is 13.2. The zero-order valence-electron chi connectivity index (χ0n) is 31.3. The van der Waals surface area contributed by atoms with E-state index >= 15 is 0 Å². The van der Waals surface area contributed by atoms with Crippen molar-refractivity contribution < 1.29 is 145 Å². The predicted octanol–water partition coefficient (Wildman–Crippen LogP) is -5.08. The van der Waals surface area contributed by atoms with Crippen LogP contribution in [0.15, 0.2) is 81.8 Å². The summed E-state index contributed by atoms with van der Waals surface area (Å²) in [7, 11) is -18.9. The van der Waals surface area contributed by atoms with E-state index in [2.05, 4.69) is 0 Å². The Morgan fingerprint density at radius 2 is 1.35 bits per heavy atom. The molecule has 0 fully saturated rings. The quantitative estimate of drug-likeness (QED) is 0.0638. The van der Waals surface area contributed by atoms with E-state index in [9.17, 15) is 51.9 Å². The molecule has 0 saturated carbocycles. The topological polar surface area (TPSA) is 235 Å². The van der Waals surface area contributed by atoms with Gasteiger partial charge in [0.25, 0.3) is 0 Å². The van der Waals surface area contributed by atoms with Crippen molar-refractivity contribution in [1.82, 2.24) is 0 Å². The Balaban J connectivity index is 0.00000504. The van der Waals surface area contributed by atoms with E-state index < -0.39 is 72.6 Å². The number of benzene rings is 2. The molecular weight excluding hydrogens is 1060 g/mol. The molecule has 14 nitrogen and oxygen atoms in total. The molecule has 0 radical (unpaired) electrons. The number of allylic oxidation sites excluding steroid dienone is 8. The van der Waals surface area contributed by atoms with Gasteiger partial charge in [0.05, 0.1) is 36.8 Å². The van der Waals surface area contributed by atoms with Crippen molar-refractivity contribution in [3.8, 4) is 0 Å². The van der Waals surface area contributed by atoms with Crippen LogP contribution < -0.4 is 93.6 Å². The average molecular weight is 1090 g/mol. The summed E-state index contributed by atoms with van der Waals surface area (Å²) in [6.07, 6.45) is 10.2. The molecule has 284 valence electrons. The van der Waals surface area contributed by atoms with E-state index in [0.29, 0.717) is 39.5 Å². The minimum absolute atomic E-state index is 0. The SMILES string of the molecule is CC(/C=C/C=C1/N(CCS(=O)(=O)[O-])c2cc([131I])c(S(=O)(=O)[O-])cc2C1(C)C)=C\C=C\C1=[N+](CCS(=O)(=O)[O-])c2cc([123I])c(S(=O)(=O)[O-])cc2C1(C)C.[Na+].[Na+].[Na+]. The van der Waals surface area contributed by atoms with E-state index in [1.54, 1.807) is 126 Å². The molecule has 55 heavy (non-hydrogen) atoms. The van der Waals surface area contributed by atoms with Crippen molar-refractivity contribution in [1.29, 1.82) is 0 Å². The van der Waals surface area contributed by atoms with Crippen molar-refractivity contribution in [2.75, 3.05) is 29.5 Å². The van der Waals surface area contributed by atoms with E-state index in [1.165, 1.54) is 24.3 Å². The summed E-state index contributed by atoms with van der Waals surface area (Å²) >= 11 is 3.44. The fourth-order valence-corrected chi connectivity index (χ4v) is 10.7. The molecule has 0 unspecified atom stereocenters. The second-order valence-corrected chi connectivity index (χ2v) is 21.2. The molecule has 0 N–H and O–H groups in total. The molecule has 4 rings (SSSR count). The van der Waals surface area contributed by atoms with Crippen LogP contribution in [0.3, 0.4) is 0 Å². The van der Waals surface area contributed by atoms with Gasteiger partial charge in [0.15, 0.2) is 12.3 Å². The standard InChI is InChI=1S/C32H36I2N2O12S4.3Na/c1-20(8-6-10-29-31(2,3)21-16-27(51(43,44)45)23(33)18-25(21)35(29)12-14-49(37,38)39)9-7-11-30-32(4,5)22-17-28(52(46,47)48)24(34)19-26(22)36(30)13-15-50(40,41)42;;;/h6-11,16-19H,12-15H2,1-5H3,(H3-,37,38,39,40,41,42,43,44,45,46,47,48);;;/q;3*+1/p-3/i33-4,34+4;;;. The zero-order valence-corrected chi connectivity index (χ0v) is 44.9. The van der Waals surface area contributed by atoms with Gasteiger partial charge in [-0.2, -0.15) is 4.58 Å². The maximum Gasteiger partial charge on any atom is 1.00 e. The largest absolute Gasteiger partial charge is 1.00 e. The van der Waals surface area contributed by atoms with Crippen LogP contribution in [0.2, 0.25) is 0 Å². The molecule has 0 saturated heterocycles. The van der Waals surface area contributed by atoms with Gasteiger partial charge in [0.1, 0.15) is 30.4 Å². The van der Waals surface area contributed by atoms with Gasteiger partial charge in [-0.1, -0.05) is 43.7 Å². The van der Waals surface area contributed by atoms with Crippen LogP contribution in [0.1, 0.15) is 45.7 Å². The van der Waals surface area contributed by atoms with Gasteiger partial charge in [0.2, 0.25) is 5.69 Å². The van der Waals surface area contributed by atoms with Gasteiger partial charge in [-0.3, -0.25) is 0 Å². The number of anilines is 1. The first kappa shape index (κ1) is 54.0. The van der Waals surface area contributed by atoms with Gasteiger partial charge in [-0.15, -0.1) is 0 Å². The van der Waals surface area contributed by atoms with Crippen molar-refractivity contribution in [3.05, 3.63) is 90.3 Å². The Labute approximate surface area is 416 Å². The zero-order chi connectivity index (χ0) is 39.4. The third-order valence-corrected chi connectivity index (χ3v) is 14.4. The van der Waals surface area contributed by atoms with Gasteiger partial charge >= 0.3 is 88.7 Å². The predicted molar refractivity (Wildman–Crippen MR) is 207 cm³/mol. The first-order valence-electron chi connectivity index (χ1n) is 15.2. The van der Waals surface area contributed by atoms with Crippen molar-refractivity contribution in [2.24, 2.45) is 0 Å². The van der Waals surface area contributed by atoms with Crippen LogP contribution in [-0.4, -0.2) is 86.8 Å². The van der Waals surface area contributed by atoms with Crippen LogP contribution >= 0.6 is 45.2 Å². The monoisotopic (exact) mass is 1090 g/mol. The summed E-state index contributed by atoms with van der Waals surface area (Å²) < 4.78 is 143. The Kier molecular flexibility index (Phi) is 19.4. The van der Waals surface area contributed by atoms with E-state index in [1.807, 2.05) is 0 Å². The molecule has 2 aromatic rings. The molecular formula is C32H33I2N2Na3O12S4. The maximum atomic E-state index is 11.9. The van der Waals surface area contributed by atoms with Crippen LogP contribution in [0.25, 0.3) is 0 Å². The first-order chi connectivity index (χ1) is 23.6. The summed E-state index contributed by atoms with van der Waals surface area (Å²) in [6.45, 7) is 8.43. The van der Waals surface area contributed by atoms with Crippen LogP contribution in [0.4, 0.5) is 11.4 Å². The van der Waals surface area contributed by atoms with E-state index in [-0.39, 0.29) is 109 Å². The van der Waals surface area contributed by atoms with Gasteiger partial charge in [-0.05, 0) is 95.8 Å². The van der Waals surface area contributed by atoms with Gasteiger partial charge < -0.3 is 23.1 Å². The maximum absolute atomic E-state index is 11.9. The molecule has 0 atom stereocenters. The van der Waals surface area contributed by atoms with Crippen LogP contribution in [0, 0.1) is 7.14 Å². The normalized spacial score (nSPS) is 17.6. The Bertz CT molecular complexity index is 2460. The minimum Gasteiger partial charge on any atom is -0.748 e. The molecule has 2 aromatic carbocycles. The van der Waals surface area contributed by atoms with Gasteiger partial charge in [0, 0.05) is 48.2 Å². The Morgan fingerprint density at radius 1 is 0.800 bits per heavy atom. The van der Waals surface area contributed by atoms with E-state index in [4.69, 9.17) is 0 Å². The molecule has 0 spiro atoms. The smallest absolute Gasteiger partial charge is 0.748 e. The summed E-state index contributed by atoms with van der Waals surface area (Å²) in [4.78, 5) is 0.780. The third-order valence-electron chi connectivity index (χ3n) is 8.79. The Morgan fingerprint density at radius 3 is 1.87 bits per heavy atom. The summed E-state index contributed by atoms with van der Waals surface area (Å²) in [5, 5.41) is 0. The summed E-state index contributed by atoms with van der Waals surface area (Å²) in [5.74, 6) is -1.45.